The molecule has 0 N–H and O–H groups in total. The van der Waals surface area contributed by atoms with Crippen LogP contribution in [-0.4, -0.2) is 74.2 Å². The maximum atomic E-state index is 13.4. The van der Waals surface area contributed by atoms with Gasteiger partial charge < -0.3 is 18.9 Å². The molecule has 190 valence electrons. The third-order valence-electron chi connectivity index (χ3n) is 7.04. The van der Waals surface area contributed by atoms with Crippen molar-refractivity contribution in [1.82, 2.24) is 15.0 Å². The maximum absolute atomic E-state index is 13.4. The number of sulfone groups is 1. The molecule has 13 heteroatoms. The zero-order valence-electron chi connectivity index (χ0n) is 19.3. The fourth-order valence-electron chi connectivity index (χ4n) is 4.62. The van der Waals surface area contributed by atoms with Gasteiger partial charge in [-0.3, -0.25) is 4.79 Å². The standard InChI is InChI=1S/C22H24F3N3O6S/c1-12(22(23,24)25)33-16-5-4-14(35(3,30)31)6-15(16)17(29)28-8-13-7-21(13,9-28)18-26-19(34-27-18)20(2)10-32-11-20/h4-6,12-13H,7-11H2,1-3H3. The van der Waals surface area contributed by atoms with Crippen LogP contribution in [0.25, 0.3) is 0 Å². The normalized spacial score (nSPS) is 26.1. The summed E-state index contributed by atoms with van der Waals surface area (Å²) in [6.07, 6.45) is -5.14. The number of amides is 1. The summed E-state index contributed by atoms with van der Waals surface area (Å²) in [4.78, 5) is 19.3. The SMILES string of the molecule is CC(Oc1ccc(S(C)(=O)=O)cc1C(=O)N1CC2CC2(c2noc(C3(C)COC3)n2)C1)C(F)(F)F. The Labute approximate surface area is 199 Å². The Bertz CT molecular complexity index is 1290. The molecule has 3 unspecified atom stereocenters. The summed E-state index contributed by atoms with van der Waals surface area (Å²) in [5.74, 6) is 0.0873. The Morgan fingerprint density at radius 2 is 2.03 bits per heavy atom. The number of likely N-dealkylation sites (tertiary alicyclic amines) is 1. The predicted molar refractivity (Wildman–Crippen MR) is 114 cm³/mol. The molecule has 5 rings (SSSR count). The Morgan fingerprint density at radius 1 is 1.31 bits per heavy atom. The summed E-state index contributed by atoms with van der Waals surface area (Å²) in [5.41, 5.74) is -1.07. The second kappa shape index (κ2) is 7.66. The van der Waals surface area contributed by atoms with Crippen LogP contribution in [0.4, 0.5) is 13.2 Å². The number of benzene rings is 1. The lowest BCUT2D eigenvalue weighted by Crippen LogP contribution is -2.44. The van der Waals surface area contributed by atoms with Gasteiger partial charge in [0.15, 0.2) is 21.8 Å². The Morgan fingerprint density at radius 3 is 2.63 bits per heavy atom. The van der Waals surface area contributed by atoms with Crippen LogP contribution in [0.1, 0.15) is 42.3 Å². The minimum absolute atomic E-state index is 0.0684. The second-order valence-electron chi connectivity index (χ2n) is 9.95. The van der Waals surface area contributed by atoms with Crippen LogP contribution in [0, 0.1) is 5.92 Å². The minimum atomic E-state index is -4.66. The summed E-state index contributed by atoms with van der Waals surface area (Å²) in [6.45, 7) is 4.30. The van der Waals surface area contributed by atoms with Crippen molar-refractivity contribution >= 4 is 15.7 Å². The zero-order chi connectivity index (χ0) is 25.4. The molecule has 35 heavy (non-hydrogen) atoms. The highest BCUT2D eigenvalue weighted by molar-refractivity contribution is 7.90. The molecule has 0 spiro atoms. The highest BCUT2D eigenvalue weighted by Gasteiger charge is 2.65. The number of ether oxygens (including phenoxy) is 2. The van der Waals surface area contributed by atoms with Crippen LogP contribution in [-0.2, 0) is 25.4 Å². The van der Waals surface area contributed by atoms with Crippen molar-refractivity contribution in [2.24, 2.45) is 5.92 Å². The smallest absolute Gasteiger partial charge is 0.425 e. The Hall–Kier alpha value is -2.67. The molecule has 0 radical (unpaired) electrons. The third-order valence-corrected chi connectivity index (χ3v) is 8.15. The van der Waals surface area contributed by atoms with Gasteiger partial charge in [0, 0.05) is 19.3 Å². The van der Waals surface area contributed by atoms with Crippen molar-refractivity contribution in [2.75, 3.05) is 32.6 Å². The van der Waals surface area contributed by atoms with E-state index in [1.54, 1.807) is 0 Å². The van der Waals surface area contributed by atoms with Gasteiger partial charge >= 0.3 is 6.18 Å². The van der Waals surface area contributed by atoms with E-state index < -0.39 is 33.4 Å². The van der Waals surface area contributed by atoms with E-state index in [9.17, 15) is 26.4 Å². The highest BCUT2D eigenvalue weighted by atomic mass is 32.2. The first-order valence-electron chi connectivity index (χ1n) is 11.0. The molecule has 0 bridgehead atoms. The highest BCUT2D eigenvalue weighted by Crippen LogP contribution is 2.58. The fraction of sp³-hybridized carbons (Fsp3) is 0.591. The topological polar surface area (TPSA) is 112 Å². The van der Waals surface area contributed by atoms with Gasteiger partial charge in [0.2, 0.25) is 5.89 Å². The first kappa shape index (κ1) is 24.0. The molecule has 3 heterocycles. The second-order valence-corrected chi connectivity index (χ2v) is 12.0. The lowest BCUT2D eigenvalue weighted by Gasteiger charge is -2.34. The fourth-order valence-corrected chi connectivity index (χ4v) is 5.27. The number of rotatable bonds is 6. The van der Waals surface area contributed by atoms with Gasteiger partial charge in [-0.25, -0.2) is 8.42 Å². The van der Waals surface area contributed by atoms with Crippen LogP contribution in [0.2, 0.25) is 0 Å². The molecule has 2 aromatic rings. The van der Waals surface area contributed by atoms with E-state index in [-0.39, 0.29) is 34.1 Å². The monoisotopic (exact) mass is 515 g/mol. The van der Waals surface area contributed by atoms with Crippen LogP contribution >= 0.6 is 0 Å². The van der Waals surface area contributed by atoms with Crippen molar-refractivity contribution in [3.8, 4) is 5.75 Å². The molecule has 9 nitrogen and oxygen atoms in total. The van der Waals surface area contributed by atoms with Gasteiger partial charge in [0.25, 0.3) is 5.91 Å². The number of aromatic nitrogens is 2. The van der Waals surface area contributed by atoms with E-state index in [1.165, 1.54) is 4.90 Å². The summed E-state index contributed by atoms with van der Waals surface area (Å²) in [5, 5.41) is 4.15. The average Bonchev–Trinajstić information content (AvgIpc) is 3.11. The maximum Gasteiger partial charge on any atom is 0.425 e. The predicted octanol–water partition coefficient (Wildman–Crippen LogP) is 2.50. The van der Waals surface area contributed by atoms with Crippen LogP contribution < -0.4 is 4.74 Å². The number of nitrogens with zero attached hydrogens (tertiary/aromatic N) is 3. The van der Waals surface area contributed by atoms with Gasteiger partial charge in [-0.2, -0.15) is 18.2 Å². The quantitative estimate of drug-likeness (QED) is 0.577. The largest absolute Gasteiger partial charge is 0.480 e. The number of carbonyl (C=O) groups is 1. The molecule has 1 aromatic heterocycles. The first-order chi connectivity index (χ1) is 16.2. The van der Waals surface area contributed by atoms with E-state index in [2.05, 4.69) is 10.1 Å². The van der Waals surface area contributed by atoms with Crippen molar-refractivity contribution in [1.29, 1.82) is 0 Å². The van der Waals surface area contributed by atoms with Crippen molar-refractivity contribution in [2.45, 2.75) is 48.3 Å². The lowest BCUT2D eigenvalue weighted by atomic mass is 9.88. The zero-order valence-corrected chi connectivity index (χ0v) is 20.1. The molecule has 2 saturated heterocycles. The molecule has 1 saturated carbocycles. The van der Waals surface area contributed by atoms with E-state index in [0.29, 0.717) is 31.5 Å². The number of halogens is 3. The minimum Gasteiger partial charge on any atom is -0.480 e. The number of alkyl halides is 3. The van der Waals surface area contributed by atoms with Crippen LogP contribution in [0.3, 0.4) is 0 Å². The van der Waals surface area contributed by atoms with Crippen molar-refractivity contribution in [3.63, 3.8) is 0 Å². The summed E-state index contributed by atoms with van der Waals surface area (Å²) in [7, 11) is -3.71. The molecule has 1 aromatic carbocycles. The average molecular weight is 516 g/mol. The molecule has 2 aliphatic heterocycles. The van der Waals surface area contributed by atoms with Crippen LogP contribution in [0.15, 0.2) is 27.6 Å². The summed E-state index contributed by atoms with van der Waals surface area (Å²) < 4.78 is 79.2. The van der Waals surface area contributed by atoms with Gasteiger partial charge in [0.05, 0.1) is 34.5 Å². The van der Waals surface area contributed by atoms with Gasteiger partial charge in [-0.15, -0.1) is 0 Å². The number of hydrogen-bond acceptors (Lipinski definition) is 8. The van der Waals surface area contributed by atoms with E-state index in [4.69, 9.17) is 14.0 Å². The molecular formula is C22H24F3N3O6S. The van der Waals surface area contributed by atoms with Crippen LogP contribution in [0.5, 0.6) is 5.75 Å². The van der Waals surface area contributed by atoms with E-state index in [1.807, 2.05) is 6.92 Å². The number of fused-ring (bicyclic) bond motifs is 1. The van der Waals surface area contributed by atoms with Gasteiger partial charge in [0.1, 0.15) is 5.75 Å². The molecule has 1 aliphatic carbocycles. The number of piperidine rings is 1. The molecule has 1 amide bonds. The number of hydrogen-bond donors (Lipinski definition) is 0. The molecule has 3 aliphatic rings. The van der Waals surface area contributed by atoms with E-state index in [0.717, 1.165) is 37.8 Å². The molecular weight excluding hydrogens is 491 g/mol. The Balaban J connectivity index is 1.41. The van der Waals surface area contributed by atoms with E-state index >= 15 is 0 Å². The third kappa shape index (κ3) is 4.07. The number of carbonyl (C=O) groups excluding carboxylic acids is 1. The molecule has 3 fully saturated rings. The Kier molecular flexibility index (Phi) is 5.26. The molecule has 3 atom stereocenters. The van der Waals surface area contributed by atoms with Crippen molar-refractivity contribution < 1.29 is 40.4 Å². The first-order valence-corrected chi connectivity index (χ1v) is 12.9. The lowest BCUT2D eigenvalue weighted by molar-refractivity contribution is -0.189. The summed E-state index contributed by atoms with van der Waals surface area (Å²) >= 11 is 0. The summed E-state index contributed by atoms with van der Waals surface area (Å²) in [6, 6.07) is 3.28. The van der Waals surface area contributed by atoms with Gasteiger partial charge in [-0.1, -0.05) is 5.16 Å². The van der Waals surface area contributed by atoms with Gasteiger partial charge in [-0.05, 0) is 44.4 Å². The van der Waals surface area contributed by atoms with Crippen molar-refractivity contribution in [3.05, 3.63) is 35.5 Å².